The molecule has 1 aromatic carbocycles. The van der Waals surface area contributed by atoms with Crippen molar-refractivity contribution in [2.75, 3.05) is 11.9 Å². The van der Waals surface area contributed by atoms with Crippen molar-refractivity contribution in [2.24, 2.45) is 11.8 Å². The van der Waals surface area contributed by atoms with Crippen LogP contribution in [0.3, 0.4) is 0 Å². The van der Waals surface area contributed by atoms with Gasteiger partial charge in [0.2, 0.25) is 0 Å². The molecule has 2 rings (SSSR count). The minimum Gasteiger partial charge on any atom is -0.382 e. The summed E-state index contributed by atoms with van der Waals surface area (Å²) in [6, 6.07) is 6.44. The summed E-state index contributed by atoms with van der Waals surface area (Å²) in [6.45, 7) is 9.38. The second-order valence-electron chi connectivity index (χ2n) is 6.41. The van der Waals surface area contributed by atoms with Crippen molar-refractivity contribution in [2.45, 2.75) is 53.0 Å². The van der Waals surface area contributed by atoms with Crippen molar-refractivity contribution in [1.82, 2.24) is 5.32 Å². The van der Waals surface area contributed by atoms with Gasteiger partial charge >= 0.3 is 0 Å². The topological polar surface area (TPSA) is 41.1 Å². The molecular formula is C18H28N2O. The number of anilines is 1. The number of hydrogen-bond acceptors (Lipinski definition) is 2. The standard InChI is InChI=1S/C18H28N2O/c1-5-19-18(21)15-10-9-13(3)17(11-15)20-16-8-6-7-12(2)14(16)4/h9-12,14,16,20H,5-8H2,1-4H3,(H,19,21). The van der Waals surface area contributed by atoms with Crippen LogP contribution < -0.4 is 10.6 Å². The lowest BCUT2D eigenvalue weighted by atomic mass is 9.78. The number of nitrogens with one attached hydrogen (secondary N) is 2. The molecule has 1 amide bonds. The van der Waals surface area contributed by atoms with Gasteiger partial charge in [0.25, 0.3) is 5.91 Å². The zero-order valence-corrected chi connectivity index (χ0v) is 13.7. The molecule has 1 aromatic rings. The van der Waals surface area contributed by atoms with Crippen LogP contribution in [-0.4, -0.2) is 18.5 Å². The Kier molecular flexibility index (Phi) is 5.27. The van der Waals surface area contributed by atoms with Gasteiger partial charge < -0.3 is 10.6 Å². The third-order valence-electron chi connectivity index (χ3n) is 4.88. The Morgan fingerprint density at radius 2 is 2.05 bits per heavy atom. The molecule has 0 saturated heterocycles. The maximum absolute atomic E-state index is 12.0. The lowest BCUT2D eigenvalue weighted by molar-refractivity contribution is 0.0956. The first-order valence-corrected chi connectivity index (χ1v) is 8.18. The summed E-state index contributed by atoms with van der Waals surface area (Å²) in [5.41, 5.74) is 3.04. The van der Waals surface area contributed by atoms with Crippen molar-refractivity contribution in [3.05, 3.63) is 29.3 Å². The molecule has 3 unspecified atom stereocenters. The van der Waals surface area contributed by atoms with Crippen LogP contribution in [0.15, 0.2) is 18.2 Å². The van der Waals surface area contributed by atoms with Gasteiger partial charge in [0, 0.05) is 23.8 Å². The molecule has 1 aliphatic rings. The maximum Gasteiger partial charge on any atom is 0.251 e. The first-order valence-electron chi connectivity index (χ1n) is 8.18. The van der Waals surface area contributed by atoms with Crippen molar-refractivity contribution in [3.8, 4) is 0 Å². The number of carbonyl (C=O) groups is 1. The molecule has 1 fully saturated rings. The monoisotopic (exact) mass is 288 g/mol. The highest BCUT2D eigenvalue weighted by molar-refractivity contribution is 5.95. The Balaban J connectivity index is 2.15. The number of amides is 1. The largest absolute Gasteiger partial charge is 0.382 e. The van der Waals surface area contributed by atoms with Gasteiger partial charge in [0.15, 0.2) is 0 Å². The highest BCUT2D eigenvalue weighted by Gasteiger charge is 2.27. The molecule has 3 atom stereocenters. The van der Waals surface area contributed by atoms with E-state index in [0.29, 0.717) is 18.5 Å². The average molecular weight is 288 g/mol. The van der Waals surface area contributed by atoms with Crippen LogP contribution in [0.1, 0.15) is 56.0 Å². The second-order valence-corrected chi connectivity index (χ2v) is 6.41. The molecule has 0 aliphatic heterocycles. The molecule has 116 valence electrons. The zero-order valence-electron chi connectivity index (χ0n) is 13.7. The van der Waals surface area contributed by atoms with E-state index >= 15 is 0 Å². The van der Waals surface area contributed by atoms with Crippen molar-refractivity contribution < 1.29 is 4.79 Å². The SMILES string of the molecule is CCNC(=O)c1ccc(C)c(NC2CCCC(C)C2C)c1. The number of hydrogen-bond donors (Lipinski definition) is 2. The predicted octanol–water partition coefficient (Wildman–Crippen LogP) is 3.98. The van der Waals surface area contributed by atoms with E-state index in [0.717, 1.165) is 17.2 Å². The van der Waals surface area contributed by atoms with E-state index in [4.69, 9.17) is 0 Å². The van der Waals surface area contributed by atoms with E-state index in [1.165, 1.54) is 24.8 Å². The molecule has 2 N–H and O–H groups in total. The lowest BCUT2D eigenvalue weighted by Gasteiger charge is -2.35. The molecule has 0 heterocycles. The molecule has 0 spiro atoms. The molecule has 3 nitrogen and oxygen atoms in total. The van der Waals surface area contributed by atoms with Crippen LogP contribution in [-0.2, 0) is 0 Å². The Morgan fingerprint density at radius 1 is 1.29 bits per heavy atom. The molecule has 1 saturated carbocycles. The van der Waals surface area contributed by atoms with E-state index in [-0.39, 0.29) is 5.91 Å². The van der Waals surface area contributed by atoms with Gasteiger partial charge in [-0.3, -0.25) is 4.79 Å². The van der Waals surface area contributed by atoms with Crippen LogP contribution >= 0.6 is 0 Å². The Bertz CT molecular complexity index is 498. The normalized spacial score (nSPS) is 25.4. The van der Waals surface area contributed by atoms with E-state index in [1.807, 2.05) is 25.1 Å². The van der Waals surface area contributed by atoms with Gasteiger partial charge in [0.05, 0.1) is 0 Å². The van der Waals surface area contributed by atoms with E-state index in [2.05, 4.69) is 31.4 Å². The second kappa shape index (κ2) is 6.97. The van der Waals surface area contributed by atoms with Crippen molar-refractivity contribution in [1.29, 1.82) is 0 Å². The highest BCUT2D eigenvalue weighted by Crippen LogP contribution is 2.32. The summed E-state index contributed by atoms with van der Waals surface area (Å²) in [6.07, 6.45) is 3.84. The smallest absolute Gasteiger partial charge is 0.251 e. The van der Waals surface area contributed by atoms with Crippen LogP contribution in [0.4, 0.5) is 5.69 Å². The van der Waals surface area contributed by atoms with Crippen LogP contribution in [0.5, 0.6) is 0 Å². The molecule has 0 radical (unpaired) electrons. The van der Waals surface area contributed by atoms with E-state index in [9.17, 15) is 4.79 Å². The van der Waals surface area contributed by atoms with Gasteiger partial charge in [-0.1, -0.05) is 32.8 Å². The fourth-order valence-corrected chi connectivity index (χ4v) is 3.17. The minimum absolute atomic E-state index is 0.00520. The zero-order chi connectivity index (χ0) is 15.4. The number of carbonyl (C=O) groups excluding carboxylic acids is 1. The third kappa shape index (κ3) is 3.78. The van der Waals surface area contributed by atoms with Crippen molar-refractivity contribution >= 4 is 11.6 Å². The molecule has 0 aromatic heterocycles. The summed E-state index contributed by atoms with van der Waals surface area (Å²) < 4.78 is 0. The van der Waals surface area contributed by atoms with Gasteiger partial charge in [-0.15, -0.1) is 0 Å². The summed E-state index contributed by atoms with van der Waals surface area (Å²) in [5, 5.41) is 6.55. The fourth-order valence-electron chi connectivity index (χ4n) is 3.17. The maximum atomic E-state index is 12.0. The highest BCUT2D eigenvalue weighted by atomic mass is 16.1. The van der Waals surface area contributed by atoms with Gasteiger partial charge in [-0.25, -0.2) is 0 Å². The summed E-state index contributed by atoms with van der Waals surface area (Å²) in [4.78, 5) is 12.0. The number of aryl methyl sites for hydroxylation is 1. The molecule has 21 heavy (non-hydrogen) atoms. The molecule has 0 bridgehead atoms. The van der Waals surface area contributed by atoms with Gasteiger partial charge in [-0.2, -0.15) is 0 Å². The molecule has 1 aliphatic carbocycles. The summed E-state index contributed by atoms with van der Waals surface area (Å²) >= 11 is 0. The third-order valence-corrected chi connectivity index (χ3v) is 4.88. The predicted molar refractivity (Wildman–Crippen MR) is 88.8 cm³/mol. The fraction of sp³-hybridized carbons (Fsp3) is 0.611. The van der Waals surface area contributed by atoms with E-state index in [1.54, 1.807) is 0 Å². The van der Waals surface area contributed by atoms with Crippen LogP contribution in [0.25, 0.3) is 0 Å². The van der Waals surface area contributed by atoms with E-state index < -0.39 is 0 Å². The Labute approximate surface area is 128 Å². The first kappa shape index (κ1) is 15.9. The minimum atomic E-state index is 0.00520. The van der Waals surface area contributed by atoms with Gasteiger partial charge in [-0.05, 0) is 49.8 Å². The van der Waals surface area contributed by atoms with Gasteiger partial charge in [0.1, 0.15) is 0 Å². The Hall–Kier alpha value is -1.51. The Morgan fingerprint density at radius 3 is 2.76 bits per heavy atom. The summed E-state index contributed by atoms with van der Waals surface area (Å²) in [7, 11) is 0. The van der Waals surface area contributed by atoms with Crippen LogP contribution in [0, 0.1) is 18.8 Å². The van der Waals surface area contributed by atoms with Crippen LogP contribution in [0.2, 0.25) is 0 Å². The molecular weight excluding hydrogens is 260 g/mol. The quantitative estimate of drug-likeness (QED) is 0.880. The molecule has 3 heteroatoms. The lowest BCUT2D eigenvalue weighted by Crippen LogP contribution is -2.35. The summed E-state index contributed by atoms with van der Waals surface area (Å²) in [5.74, 6) is 1.44. The van der Waals surface area contributed by atoms with Crippen molar-refractivity contribution in [3.63, 3.8) is 0 Å². The number of rotatable bonds is 4. The number of benzene rings is 1. The first-order chi connectivity index (χ1) is 10.0. The average Bonchev–Trinajstić information content (AvgIpc) is 2.46.